The number of hydroxylamine groups is 1. The van der Waals surface area contributed by atoms with E-state index in [2.05, 4.69) is 0 Å². The van der Waals surface area contributed by atoms with E-state index in [0.717, 1.165) is 0 Å². The number of nitrogens with one attached hydrogen (secondary N) is 1. The molecule has 4 N–H and O–H groups in total. The Morgan fingerprint density at radius 3 is 2.06 bits per heavy atom. The third kappa shape index (κ3) is 4.09. The van der Waals surface area contributed by atoms with Crippen molar-refractivity contribution < 1.29 is 14.8 Å². The maximum absolute atomic E-state index is 12.2. The molecule has 0 aromatic rings. The SMILES string of the molecule is CC(C)(C)C(C)(C)C(=O)[C@H](N)CCC(=O)NO. The van der Waals surface area contributed by atoms with Gasteiger partial charge in [-0.05, 0) is 11.8 Å². The topological polar surface area (TPSA) is 92.4 Å². The van der Waals surface area contributed by atoms with Gasteiger partial charge in [0.25, 0.3) is 0 Å². The van der Waals surface area contributed by atoms with Crippen molar-refractivity contribution in [3.05, 3.63) is 0 Å². The highest BCUT2D eigenvalue weighted by atomic mass is 16.5. The molecule has 5 heteroatoms. The standard InChI is InChI=1S/C12H24N2O3/c1-11(2,3)12(4,5)10(16)8(13)6-7-9(15)14-17/h8,17H,6-7,13H2,1-5H3,(H,14,15)/t8-/m1/s1. The summed E-state index contributed by atoms with van der Waals surface area (Å²) in [5.41, 5.74) is 6.57. The summed E-state index contributed by atoms with van der Waals surface area (Å²) < 4.78 is 0. The monoisotopic (exact) mass is 244 g/mol. The normalized spacial score (nSPS) is 14.3. The summed E-state index contributed by atoms with van der Waals surface area (Å²) in [5.74, 6) is -0.586. The van der Waals surface area contributed by atoms with Crippen LogP contribution in [0.2, 0.25) is 0 Å². The first-order valence-electron chi connectivity index (χ1n) is 5.77. The van der Waals surface area contributed by atoms with E-state index in [-0.39, 0.29) is 24.0 Å². The van der Waals surface area contributed by atoms with Gasteiger partial charge in [-0.25, -0.2) is 5.48 Å². The van der Waals surface area contributed by atoms with E-state index in [1.54, 1.807) is 0 Å². The smallest absolute Gasteiger partial charge is 0.243 e. The van der Waals surface area contributed by atoms with Gasteiger partial charge in [-0.2, -0.15) is 0 Å². The number of amides is 1. The first-order chi connectivity index (χ1) is 7.54. The molecule has 17 heavy (non-hydrogen) atoms. The van der Waals surface area contributed by atoms with Crippen molar-refractivity contribution in [3.8, 4) is 0 Å². The highest BCUT2D eigenvalue weighted by Crippen LogP contribution is 2.39. The lowest BCUT2D eigenvalue weighted by Crippen LogP contribution is -2.47. The average Bonchev–Trinajstić information content (AvgIpc) is 2.22. The number of Topliss-reactive ketones (excluding diaryl/α,β-unsaturated/α-hetero) is 1. The lowest BCUT2D eigenvalue weighted by molar-refractivity contribution is -0.134. The van der Waals surface area contributed by atoms with Crippen molar-refractivity contribution in [3.63, 3.8) is 0 Å². The number of carbonyl (C=O) groups is 2. The average molecular weight is 244 g/mol. The maximum atomic E-state index is 12.2. The largest absolute Gasteiger partial charge is 0.321 e. The summed E-state index contributed by atoms with van der Waals surface area (Å²) in [5, 5.41) is 8.35. The summed E-state index contributed by atoms with van der Waals surface area (Å²) in [4.78, 5) is 23.1. The third-order valence-corrected chi connectivity index (χ3v) is 3.63. The van der Waals surface area contributed by atoms with Crippen LogP contribution in [0.4, 0.5) is 0 Å². The quantitative estimate of drug-likeness (QED) is 0.501. The van der Waals surface area contributed by atoms with Crippen molar-refractivity contribution in [1.29, 1.82) is 0 Å². The van der Waals surface area contributed by atoms with Gasteiger partial charge in [0.1, 0.15) is 0 Å². The van der Waals surface area contributed by atoms with Crippen molar-refractivity contribution >= 4 is 11.7 Å². The molecule has 0 fully saturated rings. The first kappa shape index (κ1) is 16.1. The van der Waals surface area contributed by atoms with Gasteiger partial charge in [0.05, 0.1) is 6.04 Å². The van der Waals surface area contributed by atoms with Gasteiger partial charge in [0.15, 0.2) is 5.78 Å². The molecule has 0 spiro atoms. The molecule has 1 atom stereocenters. The van der Waals surface area contributed by atoms with E-state index < -0.39 is 17.4 Å². The Hall–Kier alpha value is -0.940. The molecule has 0 aliphatic rings. The molecule has 0 saturated carbocycles. The Bertz CT molecular complexity index is 293. The minimum absolute atomic E-state index is 0.0453. The molecule has 0 heterocycles. The van der Waals surface area contributed by atoms with Crippen LogP contribution in [0, 0.1) is 10.8 Å². The van der Waals surface area contributed by atoms with Gasteiger partial charge in [-0.15, -0.1) is 0 Å². The van der Waals surface area contributed by atoms with Crippen molar-refractivity contribution in [1.82, 2.24) is 5.48 Å². The third-order valence-electron chi connectivity index (χ3n) is 3.63. The Balaban J connectivity index is 4.56. The minimum Gasteiger partial charge on any atom is -0.321 e. The zero-order chi connectivity index (χ0) is 13.9. The molecule has 5 nitrogen and oxygen atoms in total. The second kappa shape index (κ2) is 5.60. The zero-order valence-electron chi connectivity index (χ0n) is 11.3. The Kier molecular flexibility index (Phi) is 5.29. The minimum atomic E-state index is -0.679. The van der Waals surface area contributed by atoms with Crippen molar-refractivity contribution in [2.45, 2.75) is 53.5 Å². The second-order valence-electron chi connectivity index (χ2n) is 5.92. The van der Waals surface area contributed by atoms with Crippen LogP contribution in [-0.4, -0.2) is 22.9 Å². The van der Waals surface area contributed by atoms with E-state index in [1.165, 1.54) is 5.48 Å². The fraction of sp³-hybridized carbons (Fsp3) is 0.833. The van der Waals surface area contributed by atoms with Crippen LogP contribution in [0.1, 0.15) is 47.5 Å². The predicted molar refractivity (Wildman–Crippen MR) is 65.4 cm³/mol. The number of ketones is 1. The first-order valence-corrected chi connectivity index (χ1v) is 5.77. The van der Waals surface area contributed by atoms with Gasteiger partial charge in [0.2, 0.25) is 5.91 Å². The molecular weight excluding hydrogens is 220 g/mol. The highest BCUT2D eigenvalue weighted by molar-refractivity contribution is 5.90. The molecule has 0 radical (unpaired) electrons. The molecule has 0 aliphatic heterocycles. The molecule has 1 amide bonds. The summed E-state index contributed by atoms with van der Waals surface area (Å²) in [6.45, 7) is 9.68. The van der Waals surface area contributed by atoms with E-state index in [9.17, 15) is 9.59 Å². The van der Waals surface area contributed by atoms with Crippen LogP contribution in [-0.2, 0) is 9.59 Å². The molecule has 0 unspecified atom stereocenters. The molecule has 0 aromatic carbocycles. The van der Waals surface area contributed by atoms with Crippen LogP contribution in [0.15, 0.2) is 0 Å². The molecule has 0 aromatic heterocycles. The Morgan fingerprint density at radius 2 is 1.71 bits per heavy atom. The lowest BCUT2D eigenvalue weighted by atomic mass is 9.65. The van der Waals surface area contributed by atoms with E-state index >= 15 is 0 Å². The maximum Gasteiger partial charge on any atom is 0.243 e. The summed E-state index contributed by atoms with van der Waals surface area (Å²) in [7, 11) is 0. The predicted octanol–water partition coefficient (Wildman–Crippen LogP) is 1.24. The fourth-order valence-corrected chi connectivity index (χ4v) is 1.31. The molecule has 0 rings (SSSR count). The fourth-order valence-electron chi connectivity index (χ4n) is 1.31. The molecule has 0 aliphatic carbocycles. The van der Waals surface area contributed by atoms with Gasteiger partial charge in [-0.1, -0.05) is 34.6 Å². The molecular formula is C12H24N2O3. The van der Waals surface area contributed by atoms with Gasteiger partial charge in [0, 0.05) is 11.8 Å². The molecule has 100 valence electrons. The number of hydrogen-bond acceptors (Lipinski definition) is 4. The van der Waals surface area contributed by atoms with Crippen LogP contribution >= 0.6 is 0 Å². The number of rotatable bonds is 5. The highest BCUT2D eigenvalue weighted by Gasteiger charge is 2.41. The lowest BCUT2D eigenvalue weighted by Gasteiger charge is -2.39. The van der Waals surface area contributed by atoms with E-state index in [4.69, 9.17) is 10.9 Å². The van der Waals surface area contributed by atoms with Crippen LogP contribution in [0.5, 0.6) is 0 Å². The van der Waals surface area contributed by atoms with Gasteiger partial charge in [-0.3, -0.25) is 14.8 Å². The van der Waals surface area contributed by atoms with Crippen LogP contribution in [0.3, 0.4) is 0 Å². The number of hydrogen-bond donors (Lipinski definition) is 3. The molecule has 0 saturated heterocycles. The summed E-state index contributed by atoms with van der Waals surface area (Å²) in [6, 6.07) is -0.679. The molecule has 0 bridgehead atoms. The van der Waals surface area contributed by atoms with E-state index in [0.29, 0.717) is 0 Å². The van der Waals surface area contributed by atoms with Gasteiger partial charge < -0.3 is 5.73 Å². The van der Waals surface area contributed by atoms with Crippen molar-refractivity contribution in [2.24, 2.45) is 16.6 Å². The zero-order valence-corrected chi connectivity index (χ0v) is 11.3. The summed E-state index contributed by atoms with van der Waals surface area (Å²) in [6.07, 6.45) is 0.286. The van der Waals surface area contributed by atoms with Crippen molar-refractivity contribution in [2.75, 3.05) is 0 Å². The van der Waals surface area contributed by atoms with Gasteiger partial charge >= 0.3 is 0 Å². The Morgan fingerprint density at radius 1 is 1.24 bits per heavy atom. The summed E-state index contributed by atoms with van der Waals surface area (Å²) >= 11 is 0. The number of carbonyl (C=O) groups excluding carboxylic acids is 2. The number of nitrogens with two attached hydrogens (primary N) is 1. The second-order valence-corrected chi connectivity index (χ2v) is 5.92. The van der Waals surface area contributed by atoms with Crippen LogP contribution in [0.25, 0.3) is 0 Å². The Labute approximate surface area is 103 Å². The van der Waals surface area contributed by atoms with Crippen LogP contribution < -0.4 is 11.2 Å². The van der Waals surface area contributed by atoms with E-state index in [1.807, 2.05) is 34.6 Å².